The predicted molar refractivity (Wildman–Crippen MR) is 57.1 cm³/mol. The van der Waals surface area contributed by atoms with E-state index in [9.17, 15) is 9.13 Å². The van der Waals surface area contributed by atoms with Crippen molar-refractivity contribution in [1.82, 2.24) is 5.32 Å². The Balaban J connectivity index is 4.07. The molecule has 0 saturated heterocycles. The Morgan fingerprint density at radius 2 is 1.69 bits per heavy atom. The van der Waals surface area contributed by atoms with Gasteiger partial charge in [-0.05, 0) is 7.05 Å². The molecule has 98 valence electrons. The lowest BCUT2D eigenvalue weighted by atomic mass is 10.2. The fraction of sp³-hybridized carbons (Fsp3) is 1.00. The maximum atomic E-state index is 10.8. The first kappa shape index (κ1) is 16.2. The minimum atomic E-state index is -4.52. The monoisotopic (exact) mass is 277 g/mol. The van der Waals surface area contributed by atoms with E-state index in [0.717, 1.165) is 6.66 Å². The van der Waals surface area contributed by atoms with Crippen molar-refractivity contribution >= 4 is 15.4 Å². The summed E-state index contributed by atoms with van der Waals surface area (Å²) in [5.74, 6) is -0.418. The summed E-state index contributed by atoms with van der Waals surface area (Å²) in [6, 6.07) is 0. The highest BCUT2D eigenvalue weighted by molar-refractivity contribution is 7.51. The first-order chi connectivity index (χ1) is 7.14. The molecule has 16 heavy (non-hydrogen) atoms. The molecule has 0 rings (SSSR count). The van der Waals surface area contributed by atoms with Gasteiger partial charge >= 0.3 is 15.4 Å². The highest BCUT2D eigenvalue weighted by Crippen LogP contribution is 2.38. The summed E-state index contributed by atoms with van der Waals surface area (Å²) in [4.78, 5) is 25.9. The molecule has 0 aliphatic carbocycles. The van der Waals surface area contributed by atoms with Crippen molar-refractivity contribution in [3.63, 3.8) is 0 Å². The van der Waals surface area contributed by atoms with Crippen LogP contribution in [0.15, 0.2) is 0 Å². The lowest BCUT2D eigenvalue weighted by Gasteiger charge is -2.17. The number of hydrogen-bond acceptors (Lipinski definition) is 5. The summed E-state index contributed by atoms with van der Waals surface area (Å²) in [7, 11) is -6.47. The molecule has 0 aromatic carbocycles. The van der Waals surface area contributed by atoms with Crippen LogP contribution in [0.1, 0.15) is 0 Å². The van der Waals surface area contributed by atoms with E-state index in [-0.39, 0.29) is 13.2 Å². The third-order valence-electron chi connectivity index (χ3n) is 1.52. The van der Waals surface area contributed by atoms with Crippen LogP contribution in [-0.4, -0.2) is 48.2 Å². The van der Waals surface area contributed by atoms with Crippen molar-refractivity contribution in [2.75, 3.05) is 33.5 Å². The largest absolute Gasteiger partial charge is 0.469 e. The molecule has 0 fully saturated rings. The molecular weight excluding hydrogens is 260 g/mol. The van der Waals surface area contributed by atoms with Crippen molar-refractivity contribution in [1.29, 1.82) is 0 Å². The second kappa shape index (κ2) is 6.83. The normalized spacial score (nSPS) is 18.1. The van der Waals surface area contributed by atoms with E-state index in [4.69, 9.17) is 14.7 Å². The van der Waals surface area contributed by atoms with E-state index in [1.54, 1.807) is 7.05 Å². The molecule has 0 spiro atoms. The van der Waals surface area contributed by atoms with Gasteiger partial charge in [0.15, 0.2) is 0 Å². The van der Waals surface area contributed by atoms with Crippen molar-refractivity contribution in [2.45, 2.75) is 0 Å². The Bertz CT molecular complexity index is 259. The highest BCUT2D eigenvalue weighted by atomic mass is 31.2. The summed E-state index contributed by atoms with van der Waals surface area (Å²) < 4.78 is 30.2. The smallest absolute Gasteiger partial charge is 0.324 e. The van der Waals surface area contributed by atoms with Crippen LogP contribution in [0.25, 0.3) is 0 Å². The van der Waals surface area contributed by atoms with Crippen LogP contribution in [0.2, 0.25) is 0 Å². The van der Waals surface area contributed by atoms with Gasteiger partial charge in [-0.15, -0.1) is 0 Å². The summed E-state index contributed by atoms with van der Waals surface area (Å²) >= 11 is 0. The molecule has 0 amide bonds. The van der Waals surface area contributed by atoms with Crippen molar-refractivity contribution in [3.05, 3.63) is 0 Å². The fourth-order valence-corrected chi connectivity index (χ4v) is 1.79. The van der Waals surface area contributed by atoms with Gasteiger partial charge in [0.25, 0.3) is 0 Å². The van der Waals surface area contributed by atoms with Crippen LogP contribution in [0, 0.1) is 5.92 Å². The van der Waals surface area contributed by atoms with Crippen molar-refractivity contribution in [3.8, 4) is 0 Å². The average molecular weight is 277 g/mol. The van der Waals surface area contributed by atoms with E-state index in [1.165, 1.54) is 0 Å². The Morgan fingerprint density at radius 3 is 2.06 bits per heavy atom. The van der Waals surface area contributed by atoms with Crippen LogP contribution in [0.4, 0.5) is 0 Å². The molecule has 0 aliphatic heterocycles. The zero-order valence-electron chi connectivity index (χ0n) is 9.07. The topological polar surface area (TPSA) is 125 Å². The fourth-order valence-electron chi connectivity index (χ4n) is 0.901. The molecule has 0 saturated carbocycles. The van der Waals surface area contributed by atoms with E-state index in [0.29, 0.717) is 6.54 Å². The van der Waals surface area contributed by atoms with Crippen molar-refractivity contribution in [2.24, 2.45) is 5.92 Å². The van der Waals surface area contributed by atoms with Crippen LogP contribution in [0.3, 0.4) is 0 Å². The molecule has 2 atom stereocenters. The minimum Gasteiger partial charge on any atom is -0.324 e. The third kappa shape index (κ3) is 10.7. The van der Waals surface area contributed by atoms with Gasteiger partial charge in [-0.3, -0.25) is 9.09 Å². The van der Waals surface area contributed by atoms with E-state index < -0.39 is 21.3 Å². The third-order valence-corrected chi connectivity index (χ3v) is 2.63. The van der Waals surface area contributed by atoms with Crippen molar-refractivity contribution < 1.29 is 32.9 Å². The second-order valence-corrected chi connectivity index (χ2v) is 6.41. The average Bonchev–Trinajstić information content (AvgIpc) is 2.07. The van der Waals surface area contributed by atoms with Gasteiger partial charge in [0.05, 0.1) is 13.2 Å². The molecule has 0 bridgehead atoms. The first-order valence-corrected chi connectivity index (χ1v) is 7.99. The van der Waals surface area contributed by atoms with Gasteiger partial charge in [0, 0.05) is 19.1 Å². The minimum absolute atomic E-state index is 0.120. The summed E-state index contributed by atoms with van der Waals surface area (Å²) in [6.07, 6.45) is 0. The van der Waals surface area contributed by atoms with Gasteiger partial charge < -0.3 is 24.5 Å². The molecule has 0 aromatic heterocycles. The zero-order valence-corrected chi connectivity index (χ0v) is 10.9. The number of hydrogen-bond donors (Lipinski definition) is 4. The quantitative estimate of drug-likeness (QED) is 0.448. The van der Waals surface area contributed by atoms with Gasteiger partial charge in [0.2, 0.25) is 0 Å². The lowest BCUT2D eigenvalue weighted by Crippen LogP contribution is -2.26. The molecular formula is C6H17NO7P2. The second-order valence-electron chi connectivity index (χ2n) is 3.31. The maximum Gasteiger partial charge on any atom is 0.469 e. The Kier molecular flexibility index (Phi) is 6.93. The highest BCUT2D eigenvalue weighted by Gasteiger charge is 2.20. The van der Waals surface area contributed by atoms with Gasteiger partial charge in [-0.25, -0.2) is 4.57 Å². The maximum absolute atomic E-state index is 10.8. The first-order valence-electron chi connectivity index (χ1n) is 4.43. The summed E-state index contributed by atoms with van der Waals surface area (Å²) in [5.41, 5.74) is 0. The lowest BCUT2D eigenvalue weighted by molar-refractivity contribution is 0.132. The molecule has 8 nitrogen and oxygen atoms in total. The van der Waals surface area contributed by atoms with Gasteiger partial charge in [-0.1, -0.05) is 0 Å². The summed E-state index contributed by atoms with van der Waals surface area (Å²) in [5, 5.41) is 2.76. The van der Waals surface area contributed by atoms with Crippen LogP contribution in [0.5, 0.6) is 0 Å². The number of phosphoric ester groups is 1. The van der Waals surface area contributed by atoms with E-state index in [1.807, 2.05) is 0 Å². The Morgan fingerprint density at radius 1 is 1.19 bits per heavy atom. The van der Waals surface area contributed by atoms with Crippen LogP contribution in [-0.2, 0) is 18.2 Å². The predicted octanol–water partition coefficient (Wildman–Crippen LogP) is -0.237. The van der Waals surface area contributed by atoms with E-state index >= 15 is 0 Å². The number of rotatable bonds is 8. The molecule has 4 N–H and O–H groups in total. The molecule has 2 unspecified atom stereocenters. The zero-order chi connectivity index (χ0) is 12.8. The Hall–Kier alpha value is 0.220. The standard InChI is InChI=1S/C6H17NO7P2/c1-7-3-6(4-13-15(2,8)9)5-14-16(10,11)12/h6-7H,3-5H2,1-2H3,(H,8,9)(H2,10,11,12). The molecule has 0 heterocycles. The van der Waals surface area contributed by atoms with E-state index in [2.05, 4.69) is 14.4 Å². The SMILES string of the molecule is CNCC(COP(C)(=O)O)COP(=O)(O)O. The molecule has 0 aromatic rings. The van der Waals surface area contributed by atoms with Crippen LogP contribution >= 0.6 is 15.4 Å². The molecule has 10 heteroatoms. The molecule has 0 aliphatic rings. The van der Waals surface area contributed by atoms with Crippen LogP contribution < -0.4 is 5.32 Å². The van der Waals surface area contributed by atoms with Gasteiger partial charge in [0.1, 0.15) is 0 Å². The molecule has 0 radical (unpaired) electrons. The Labute approximate surface area is 93.7 Å². The number of phosphoric acid groups is 1. The summed E-state index contributed by atoms with van der Waals surface area (Å²) in [6.45, 7) is 1.00. The van der Waals surface area contributed by atoms with Gasteiger partial charge in [-0.2, -0.15) is 0 Å². The number of nitrogens with one attached hydrogen (secondary N) is 1.